The van der Waals surface area contributed by atoms with Crippen molar-refractivity contribution in [2.75, 3.05) is 13.1 Å². The normalized spacial score (nSPS) is 10.3. The highest BCUT2D eigenvalue weighted by Gasteiger charge is 2.03. The number of amides is 2. The number of carbonyl (C=O) groups excluding carboxylic acids is 1. The zero-order valence-electron chi connectivity index (χ0n) is 10.2. The summed E-state index contributed by atoms with van der Waals surface area (Å²) in [5, 5.41) is 9.63. The van der Waals surface area contributed by atoms with Crippen LogP contribution in [0, 0.1) is 0 Å². The van der Waals surface area contributed by atoms with Gasteiger partial charge in [-0.25, -0.2) is 4.79 Å². The minimum absolute atomic E-state index is 0.153. The predicted octanol–water partition coefficient (Wildman–Crippen LogP) is 1.46. The van der Waals surface area contributed by atoms with E-state index in [9.17, 15) is 4.79 Å². The highest BCUT2D eigenvalue weighted by atomic mass is 16.3. The van der Waals surface area contributed by atoms with Crippen molar-refractivity contribution in [1.29, 1.82) is 0 Å². The van der Waals surface area contributed by atoms with Gasteiger partial charge in [0.25, 0.3) is 0 Å². The van der Waals surface area contributed by atoms with Gasteiger partial charge in [-0.15, -0.1) is 0 Å². The van der Waals surface area contributed by atoms with Gasteiger partial charge in [0, 0.05) is 30.4 Å². The molecule has 2 aromatic rings. The lowest BCUT2D eigenvalue weighted by Gasteiger charge is -2.05. The molecule has 0 aliphatic rings. The zero-order chi connectivity index (χ0) is 12.8. The fraction of sp³-hybridized carbons (Fsp3) is 0.333. The van der Waals surface area contributed by atoms with E-state index in [1.165, 1.54) is 0 Å². The number of carbonyl (C=O) groups is 1. The van der Waals surface area contributed by atoms with Crippen LogP contribution in [0.15, 0.2) is 35.4 Å². The van der Waals surface area contributed by atoms with E-state index in [4.69, 9.17) is 4.42 Å². The molecule has 0 radical (unpaired) electrons. The van der Waals surface area contributed by atoms with Crippen LogP contribution in [0.3, 0.4) is 0 Å². The first kappa shape index (κ1) is 12.2. The van der Waals surface area contributed by atoms with Crippen LogP contribution in [-0.4, -0.2) is 28.9 Å². The molecule has 0 aliphatic heterocycles. The molecule has 18 heavy (non-hydrogen) atoms. The van der Waals surface area contributed by atoms with E-state index < -0.39 is 0 Å². The maximum absolute atomic E-state index is 11.2. The second-order valence-electron chi connectivity index (χ2n) is 3.79. The minimum Gasteiger partial charge on any atom is -0.472 e. The van der Waals surface area contributed by atoms with Gasteiger partial charge in [-0.1, -0.05) is 0 Å². The molecule has 2 N–H and O–H groups in total. The van der Waals surface area contributed by atoms with Crippen LogP contribution in [0.25, 0.3) is 11.1 Å². The highest BCUT2D eigenvalue weighted by Crippen LogP contribution is 2.18. The van der Waals surface area contributed by atoms with Gasteiger partial charge in [0.15, 0.2) is 0 Å². The fourth-order valence-corrected chi connectivity index (χ4v) is 1.57. The zero-order valence-corrected chi connectivity index (χ0v) is 10.2. The molecule has 0 saturated carbocycles. The summed E-state index contributed by atoms with van der Waals surface area (Å²) in [6.45, 7) is 3.68. The highest BCUT2D eigenvalue weighted by molar-refractivity contribution is 5.73. The molecule has 2 amide bonds. The van der Waals surface area contributed by atoms with Crippen LogP contribution in [0.5, 0.6) is 0 Å². The third-order valence-electron chi connectivity index (χ3n) is 2.45. The van der Waals surface area contributed by atoms with E-state index in [1.54, 1.807) is 23.4 Å². The fourth-order valence-electron chi connectivity index (χ4n) is 1.57. The van der Waals surface area contributed by atoms with Crippen molar-refractivity contribution in [3.63, 3.8) is 0 Å². The van der Waals surface area contributed by atoms with Crippen molar-refractivity contribution >= 4 is 6.03 Å². The van der Waals surface area contributed by atoms with Gasteiger partial charge in [0.1, 0.15) is 0 Å². The number of urea groups is 1. The van der Waals surface area contributed by atoms with Gasteiger partial charge in [0.2, 0.25) is 0 Å². The van der Waals surface area contributed by atoms with E-state index in [0.717, 1.165) is 11.1 Å². The lowest BCUT2D eigenvalue weighted by atomic mass is 10.2. The molecular weight excluding hydrogens is 232 g/mol. The van der Waals surface area contributed by atoms with Crippen LogP contribution in [0.2, 0.25) is 0 Å². The smallest absolute Gasteiger partial charge is 0.314 e. The number of furan rings is 1. The SMILES string of the molecule is CCNC(=O)NCCn1cc(-c2ccoc2)cn1. The third kappa shape index (κ3) is 3.13. The third-order valence-corrected chi connectivity index (χ3v) is 2.45. The Labute approximate surface area is 105 Å². The van der Waals surface area contributed by atoms with Gasteiger partial charge in [-0.2, -0.15) is 5.10 Å². The van der Waals surface area contributed by atoms with Crippen LogP contribution in [-0.2, 0) is 6.54 Å². The Morgan fingerprint density at radius 1 is 1.44 bits per heavy atom. The van der Waals surface area contributed by atoms with E-state index in [-0.39, 0.29) is 6.03 Å². The van der Waals surface area contributed by atoms with Gasteiger partial charge >= 0.3 is 6.03 Å². The second-order valence-corrected chi connectivity index (χ2v) is 3.79. The van der Waals surface area contributed by atoms with Crippen LogP contribution in [0.4, 0.5) is 4.79 Å². The summed E-state index contributed by atoms with van der Waals surface area (Å²) >= 11 is 0. The number of nitrogens with one attached hydrogen (secondary N) is 2. The molecule has 2 aromatic heterocycles. The monoisotopic (exact) mass is 248 g/mol. The summed E-state index contributed by atoms with van der Waals surface area (Å²) in [5.41, 5.74) is 2.00. The molecular formula is C12H16N4O2. The van der Waals surface area contributed by atoms with Gasteiger partial charge in [0.05, 0.1) is 25.3 Å². The van der Waals surface area contributed by atoms with Crippen LogP contribution in [0.1, 0.15) is 6.92 Å². The lowest BCUT2D eigenvalue weighted by Crippen LogP contribution is -2.37. The summed E-state index contributed by atoms with van der Waals surface area (Å²) in [5.74, 6) is 0. The van der Waals surface area contributed by atoms with Crippen molar-refractivity contribution in [2.24, 2.45) is 0 Å². The maximum Gasteiger partial charge on any atom is 0.314 e. The van der Waals surface area contributed by atoms with Gasteiger partial charge in [-0.05, 0) is 13.0 Å². The molecule has 0 atom stereocenters. The average molecular weight is 248 g/mol. The standard InChI is InChI=1S/C12H16N4O2/c1-2-13-12(17)14-4-5-16-8-11(7-15-16)10-3-6-18-9-10/h3,6-9H,2,4-5H2,1H3,(H2,13,14,17). The number of aromatic nitrogens is 2. The number of nitrogens with zero attached hydrogens (tertiary/aromatic N) is 2. The Balaban J connectivity index is 1.82. The molecule has 6 heteroatoms. The van der Waals surface area contributed by atoms with Crippen molar-refractivity contribution in [3.8, 4) is 11.1 Å². The Morgan fingerprint density at radius 2 is 2.33 bits per heavy atom. The van der Waals surface area contributed by atoms with Crippen molar-refractivity contribution < 1.29 is 9.21 Å². The largest absolute Gasteiger partial charge is 0.472 e. The Bertz CT molecular complexity index is 490. The average Bonchev–Trinajstić information content (AvgIpc) is 2.99. The molecule has 0 aliphatic carbocycles. The quantitative estimate of drug-likeness (QED) is 0.841. The Kier molecular flexibility index (Phi) is 4.01. The molecule has 96 valence electrons. The second kappa shape index (κ2) is 5.90. The van der Waals surface area contributed by atoms with Gasteiger partial charge < -0.3 is 15.1 Å². The summed E-state index contributed by atoms with van der Waals surface area (Å²) in [7, 11) is 0. The van der Waals surface area contributed by atoms with Crippen LogP contribution < -0.4 is 10.6 Å². The van der Waals surface area contributed by atoms with E-state index in [1.807, 2.05) is 19.2 Å². The summed E-state index contributed by atoms with van der Waals surface area (Å²) in [6.07, 6.45) is 7.00. The first-order valence-electron chi connectivity index (χ1n) is 5.86. The Morgan fingerprint density at radius 3 is 3.06 bits per heavy atom. The number of rotatable bonds is 5. The van der Waals surface area contributed by atoms with E-state index in [2.05, 4.69) is 15.7 Å². The molecule has 0 unspecified atom stereocenters. The van der Waals surface area contributed by atoms with Gasteiger partial charge in [-0.3, -0.25) is 4.68 Å². The first-order valence-corrected chi connectivity index (χ1v) is 5.86. The topological polar surface area (TPSA) is 72.1 Å². The number of hydrogen-bond donors (Lipinski definition) is 2. The first-order chi connectivity index (χ1) is 8.79. The van der Waals surface area contributed by atoms with Crippen LogP contribution >= 0.6 is 0 Å². The van der Waals surface area contributed by atoms with E-state index in [0.29, 0.717) is 19.6 Å². The molecule has 0 bridgehead atoms. The Hall–Kier alpha value is -2.24. The predicted molar refractivity (Wildman–Crippen MR) is 67.0 cm³/mol. The molecule has 0 fully saturated rings. The van der Waals surface area contributed by atoms with Crippen molar-refractivity contribution in [2.45, 2.75) is 13.5 Å². The van der Waals surface area contributed by atoms with E-state index >= 15 is 0 Å². The maximum atomic E-state index is 11.2. The summed E-state index contributed by atoms with van der Waals surface area (Å²) in [6, 6.07) is 1.73. The minimum atomic E-state index is -0.153. The summed E-state index contributed by atoms with van der Waals surface area (Å²) in [4.78, 5) is 11.2. The van der Waals surface area contributed by atoms with Crippen molar-refractivity contribution in [1.82, 2.24) is 20.4 Å². The molecule has 0 saturated heterocycles. The number of hydrogen-bond acceptors (Lipinski definition) is 3. The molecule has 0 aromatic carbocycles. The molecule has 0 spiro atoms. The summed E-state index contributed by atoms with van der Waals surface area (Å²) < 4.78 is 6.80. The molecule has 6 nitrogen and oxygen atoms in total. The van der Waals surface area contributed by atoms with Crippen molar-refractivity contribution in [3.05, 3.63) is 31.0 Å². The molecule has 2 heterocycles. The molecule has 2 rings (SSSR count). The lowest BCUT2D eigenvalue weighted by molar-refractivity contribution is 0.241.